The molecule has 0 saturated carbocycles. The van der Waals surface area contributed by atoms with E-state index in [9.17, 15) is 5.11 Å². The maximum atomic E-state index is 9.49. The molecule has 2 rings (SSSR count). The van der Waals surface area contributed by atoms with Crippen LogP contribution < -0.4 is 0 Å². The Hall–Kier alpha value is 0.170. The van der Waals surface area contributed by atoms with E-state index in [0.29, 0.717) is 6.04 Å². The van der Waals surface area contributed by atoms with Gasteiger partial charge in [0.1, 0.15) is 0 Å². The fraction of sp³-hybridized carbons (Fsp3) is 1.00. The van der Waals surface area contributed by atoms with Gasteiger partial charge in [0.05, 0.1) is 6.10 Å². The summed E-state index contributed by atoms with van der Waals surface area (Å²) in [4.78, 5) is 2.30. The first-order valence-corrected chi connectivity index (χ1v) is 4.36. The van der Waals surface area contributed by atoms with Gasteiger partial charge in [-0.3, -0.25) is 4.90 Å². The highest BCUT2D eigenvalue weighted by atomic mass is 35.5. The maximum Gasteiger partial charge on any atom is 0.0732 e. The first kappa shape index (κ1) is 10.3. The third kappa shape index (κ3) is 1.46. The van der Waals surface area contributed by atoms with Crippen LogP contribution in [0.15, 0.2) is 0 Å². The summed E-state index contributed by atoms with van der Waals surface area (Å²) in [5, 5.41) is 18.5. The van der Waals surface area contributed by atoms with Crippen LogP contribution in [-0.2, 0) is 0 Å². The van der Waals surface area contributed by atoms with Crippen LogP contribution in [0.3, 0.4) is 0 Å². The van der Waals surface area contributed by atoms with Crippen LogP contribution in [0.5, 0.6) is 0 Å². The molecule has 3 atom stereocenters. The molecule has 0 spiro atoms. The summed E-state index contributed by atoms with van der Waals surface area (Å²) in [6.45, 7) is 2.02. The van der Waals surface area contributed by atoms with E-state index in [1.165, 1.54) is 6.42 Å². The van der Waals surface area contributed by atoms with E-state index in [-0.39, 0.29) is 31.0 Å². The van der Waals surface area contributed by atoms with Crippen molar-refractivity contribution in [2.24, 2.45) is 5.92 Å². The Balaban J connectivity index is 0.000000720. The van der Waals surface area contributed by atoms with Crippen LogP contribution in [0, 0.1) is 5.92 Å². The number of nitrogens with zero attached hydrogens (tertiary/aromatic N) is 1. The molecule has 0 amide bonds. The molecule has 0 aliphatic carbocycles. The fourth-order valence-corrected chi connectivity index (χ4v) is 2.44. The van der Waals surface area contributed by atoms with E-state index in [0.717, 1.165) is 19.5 Å². The van der Waals surface area contributed by atoms with E-state index in [1.807, 2.05) is 0 Å². The summed E-state index contributed by atoms with van der Waals surface area (Å²) in [7, 11) is 0. The summed E-state index contributed by atoms with van der Waals surface area (Å²) in [6, 6.07) is 0.468. The quantitative estimate of drug-likeness (QED) is 0.609. The molecule has 0 radical (unpaired) electrons. The van der Waals surface area contributed by atoms with Crippen LogP contribution in [0.4, 0.5) is 0 Å². The van der Waals surface area contributed by atoms with Gasteiger partial charge in [0.2, 0.25) is 0 Å². The van der Waals surface area contributed by atoms with Gasteiger partial charge in [0.25, 0.3) is 0 Å². The lowest BCUT2D eigenvalue weighted by atomic mass is 9.97. The van der Waals surface area contributed by atoms with Gasteiger partial charge >= 0.3 is 0 Å². The molecule has 0 aromatic heterocycles. The lowest BCUT2D eigenvalue weighted by molar-refractivity contribution is 0.0903. The molecule has 2 heterocycles. The monoisotopic (exact) mass is 193 g/mol. The lowest BCUT2D eigenvalue weighted by Crippen LogP contribution is -2.28. The van der Waals surface area contributed by atoms with E-state index in [1.54, 1.807) is 0 Å². The predicted octanol–water partition coefficient (Wildman–Crippen LogP) is -0.144. The van der Waals surface area contributed by atoms with Crippen molar-refractivity contribution in [3.8, 4) is 0 Å². The van der Waals surface area contributed by atoms with Gasteiger partial charge in [0.15, 0.2) is 0 Å². The third-order valence-electron chi connectivity index (χ3n) is 3.04. The SMILES string of the molecule is Cl.OCC1C(O)CN2CCCC12. The first-order chi connectivity index (χ1) is 5.33. The fourth-order valence-electron chi connectivity index (χ4n) is 2.44. The van der Waals surface area contributed by atoms with E-state index >= 15 is 0 Å². The maximum absolute atomic E-state index is 9.49. The van der Waals surface area contributed by atoms with E-state index in [2.05, 4.69) is 4.90 Å². The van der Waals surface area contributed by atoms with Crippen LogP contribution >= 0.6 is 12.4 Å². The Morgan fingerprint density at radius 2 is 2.17 bits per heavy atom. The number of fused-ring (bicyclic) bond motifs is 1. The number of rotatable bonds is 1. The lowest BCUT2D eigenvalue weighted by Gasteiger charge is -2.18. The van der Waals surface area contributed by atoms with Crippen molar-refractivity contribution in [2.75, 3.05) is 19.7 Å². The Morgan fingerprint density at radius 1 is 1.42 bits per heavy atom. The molecule has 2 fully saturated rings. The minimum absolute atomic E-state index is 0. The zero-order chi connectivity index (χ0) is 7.84. The highest BCUT2D eigenvalue weighted by Gasteiger charge is 2.42. The first-order valence-electron chi connectivity index (χ1n) is 4.36. The summed E-state index contributed by atoms with van der Waals surface area (Å²) in [6.07, 6.45) is 2.10. The zero-order valence-corrected chi connectivity index (χ0v) is 7.83. The molecule has 3 nitrogen and oxygen atoms in total. The second-order valence-electron chi connectivity index (χ2n) is 3.62. The molecule has 0 aromatic carbocycles. The average molecular weight is 194 g/mol. The van der Waals surface area contributed by atoms with Gasteiger partial charge in [-0.15, -0.1) is 12.4 Å². The number of halogens is 1. The van der Waals surface area contributed by atoms with Crippen molar-refractivity contribution in [3.63, 3.8) is 0 Å². The topological polar surface area (TPSA) is 43.7 Å². The summed E-state index contributed by atoms with van der Waals surface area (Å²) >= 11 is 0. The van der Waals surface area contributed by atoms with Crippen LogP contribution in [0.25, 0.3) is 0 Å². The second-order valence-corrected chi connectivity index (χ2v) is 3.62. The van der Waals surface area contributed by atoms with Gasteiger partial charge < -0.3 is 10.2 Å². The number of hydrogen-bond acceptors (Lipinski definition) is 3. The molecule has 0 aromatic rings. The zero-order valence-electron chi connectivity index (χ0n) is 7.02. The van der Waals surface area contributed by atoms with Gasteiger partial charge in [-0.2, -0.15) is 0 Å². The molecule has 2 N–H and O–H groups in total. The minimum Gasteiger partial charge on any atom is -0.396 e. The third-order valence-corrected chi connectivity index (χ3v) is 3.04. The molecule has 4 heteroatoms. The smallest absolute Gasteiger partial charge is 0.0732 e. The molecule has 12 heavy (non-hydrogen) atoms. The summed E-state index contributed by atoms with van der Waals surface area (Å²) < 4.78 is 0. The van der Waals surface area contributed by atoms with Crippen molar-refractivity contribution >= 4 is 12.4 Å². The van der Waals surface area contributed by atoms with Crippen molar-refractivity contribution < 1.29 is 10.2 Å². The largest absolute Gasteiger partial charge is 0.396 e. The van der Waals surface area contributed by atoms with Crippen LogP contribution in [-0.4, -0.2) is 47.0 Å². The van der Waals surface area contributed by atoms with Gasteiger partial charge in [-0.05, 0) is 19.4 Å². The second kappa shape index (κ2) is 3.92. The van der Waals surface area contributed by atoms with E-state index in [4.69, 9.17) is 5.11 Å². The Labute approximate surface area is 78.8 Å². The van der Waals surface area contributed by atoms with Crippen molar-refractivity contribution in [1.29, 1.82) is 0 Å². The number of aliphatic hydroxyl groups excluding tert-OH is 2. The highest BCUT2D eigenvalue weighted by Crippen LogP contribution is 2.32. The minimum atomic E-state index is -0.287. The highest BCUT2D eigenvalue weighted by molar-refractivity contribution is 5.85. The number of hydrogen-bond donors (Lipinski definition) is 2. The standard InChI is InChI=1S/C8H15NO2.ClH/c10-5-6-7-2-1-3-9(7)4-8(6)11;/h6-8,10-11H,1-5H2;1H. The van der Waals surface area contributed by atoms with Gasteiger partial charge in [-0.25, -0.2) is 0 Å². The Morgan fingerprint density at radius 3 is 2.83 bits per heavy atom. The summed E-state index contributed by atoms with van der Waals surface area (Å²) in [5.41, 5.74) is 0. The van der Waals surface area contributed by atoms with Crippen molar-refractivity contribution in [1.82, 2.24) is 4.90 Å². The molecule has 2 aliphatic heterocycles. The molecule has 2 saturated heterocycles. The Kier molecular flexibility index (Phi) is 3.35. The molecular formula is C8H16ClNO2. The van der Waals surface area contributed by atoms with Crippen LogP contribution in [0.2, 0.25) is 0 Å². The molecule has 2 aliphatic rings. The Bertz CT molecular complexity index is 156. The molecular weight excluding hydrogens is 178 g/mol. The predicted molar refractivity (Wildman–Crippen MR) is 48.4 cm³/mol. The molecule has 3 unspecified atom stereocenters. The molecule has 0 bridgehead atoms. The average Bonchev–Trinajstić information content (AvgIpc) is 2.46. The number of aliphatic hydroxyl groups is 2. The van der Waals surface area contributed by atoms with Gasteiger partial charge in [0, 0.05) is 25.1 Å². The van der Waals surface area contributed by atoms with Crippen LogP contribution in [0.1, 0.15) is 12.8 Å². The summed E-state index contributed by atoms with van der Waals surface area (Å²) in [5.74, 6) is 0.123. The molecule has 72 valence electrons. The normalized spacial score (nSPS) is 41.0. The van der Waals surface area contributed by atoms with Crippen molar-refractivity contribution in [2.45, 2.75) is 25.0 Å². The van der Waals surface area contributed by atoms with E-state index < -0.39 is 0 Å². The van der Waals surface area contributed by atoms with Crippen molar-refractivity contribution in [3.05, 3.63) is 0 Å². The van der Waals surface area contributed by atoms with Gasteiger partial charge in [-0.1, -0.05) is 0 Å².